The summed E-state index contributed by atoms with van der Waals surface area (Å²) in [4.78, 5) is 12.0. The van der Waals surface area contributed by atoms with Gasteiger partial charge < -0.3 is 19.5 Å². The van der Waals surface area contributed by atoms with E-state index in [1.165, 1.54) is 21.3 Å². The molecule has 6 heteroatoms. The third-order valence-electron chi connectivity index (χ3n) is 3.68. The van der Waals surface area contributed by atoms with E-state index in [-0.39, 0.29) is 5.56 Å². The number of nitrogens with zero attached hydrogens (tertiary/aromatic N) is 1. The maximum Gasteiger partial charge on any atom is 0.345 e. The third kappa shape index (κ3) is 4.54. The Balaban J connectivity index is 2.30. The van der Waals surface area contributed by atoms with Gasteiger partial charge >= 0.3 is 5.97 Å². The number of allylic oxidation sites excluding steroid dienone is 1. The zero-order chi connectivity index (χ0) is 18.9. The monoisotopic (exact) mass is 352 g/mol. The number of methoxy groups -OCH3 is 3. The van der Waals surface area contributed by atoms with Gasteiger partial charge in [-0.05, 0) is 29.8 Å². The van der Waals surface area contributed by atoms with E-state index in [2.05, 4.69) is 11.4 Å². The van der Waals surface area contributed by atoms with Crippen molar-refractivity contribution in [3.8, 4) is 17.6 Å². The standard InChI is InChI=1S/C20H20N2O4/c1-24-17-10-14(11-18(25-2)19(17)20(23)26-3)9-15(12-21)13-22-16-7-5-4-6-8-16/h4-8,10-11,13,22H,9H2,1-3H3. The van der Waals surface area contributed by atoms with E-state index in [0.717, 1.165) is 11.3 Å². The highest BCUT2D eigenvalue weighted by Gasteiger charge is 2.20. The first-order valence-corrected chi connectivity index (χ1v) is 7.86. The number of nitrogens with one attached hydrogen (secondary N) is 1. The number of nitriles is 1. The largest absolute Gasteiger partial charge is 0.496 e. The Kier molecular flexibility index (Phi) is 6.63. The van der Waals surface area contributed by atoms with E-state index in [1.807, 2.05) is 30.3 Å². The molecule has 0 heterocycles. The number of rotatable bonds is 7. The van der Waals surface area contributed by atoms with Gasteiger partial charge in [-0.25, -0.2) is 4.79 Å². The molecule has 0 aromatic heterocycles. The quantitative estimate of drug-likeness (QED) is 0.606. The lowest BCUT2D eigenvalue weighted by Crippen LogP contribution is -2.08. The average Bonchev–Trinajstić information content (AvgIpc) is 2.70. The molecule has 2 aromatic rings. The highest BCUT2D eigenvalue weighted by atomic mass is 16.5. The molecule has 0 radical (unpaired) electrons. The predicted molar refractivity (Wildman–Crippen MR) is 98.4 cm³/mol. The number of carbonyl (C=O) groups is 1. The van der Waals surface area contributed by atoms with Gasteiger partial charge in [0.15, 0.2) is 0 Å². The average molecular weight is 352 g/mol. The maximum atomic E-state index is 12.0. The molecule has 0 atom stereocenters. The number of para-hydroxylation sites is 1. The Morgan fingerprint density at radius 3 is 2.23 bits per heavy atom. The number of esters is 1. The van der Waals surface area contributed by atoms with Crippen LogP contribution in [0.3, 0.4) is 0 Å². The lowest BCUT2D eigenvalue weighted by molar-refractivity contribution is 0.0593. The fourth-order valence-electron chi connectivity index (χ4n) is 2.42. The van der Waals surface area contributed by atoms with Crippen LogP contribution >= 0.6 is 0 Å². The number of anilines is 1. The molecule has 134 valence electrons. The van der Waals surface area contributed by atoms with E-state index in [9.17, 15) is 10.1 Å². The minimum Gasteiger partial charge on any atom is -0.496 e. The van der Waals surface area contributed by atoms with Crippen LogP contribution in [0, 0.1) is 11.3 Å². The van der Waals surface area contributed by atoms with E-state index in [0.29, 0.717) is 23.5 Å². The zero-order valence-electron chi connectivity index (χ0n) is 14.9. The molecule has 1 N–H and O–H groups in total. The van der Waals surface area contributed by atoms with Gasteiger partial charge in [0, 0.05) is 23.9 Å². The Morgan fingerprint density at radius 2 is 1.73 bits per heavy atom. The van der Waals surface area contributed by atoms with E-state index in [4.69, 9.17) is 14.2 Å². The van der Waals surface area contributed by atoms with Crippen molar-refractivity contribution < 1.29 is 19.0 Å². The van der Waals surface area contributed by atoms with E-state index < -0.39 is 5.97 Å². The summed E-state index contributed by atoms with van der Waals surface area (Å²) >= 11 is 0. The van der Waals surface area contributed by atoms with Crippen molar-refractivity contribution in [2.75, 3.05) is 26.6 Å². The van der Waals surface area contributed by atoms with Gasteiger partial charge in [0.1, 0.15) is 17.1 Å². The summed E-state index contributed by atoms with van der Waals surface area (Å²) in [5.74, 6) is 0.117. The van der Waals surface area contributed by atoms with Gasteiger partial charge in [0.25, 0.3) is 0 Å². The second-order valence-corrected chi connectivity index (χ2v) is 5.34. The van der Waals surface area contributed by atoms with Gasteiger partial charge in [-0.2, -0.15) is 5.26 Å². The van der Waals surface area contributed by atoms with Gasteiger partial charge in [0.2, 0.25) is 0 Å². The van der Waals surface area contributed by atoms with Crippen LogP contribution in [-0.4, -0.2) is 27.3 Å². The minimum atomic E-state index is -0.549. The molecule has 0 aliphatic rings. The molecule has 0 bridgehead atoms. The topological polar surface area (TPSA) is 80.6 Å². The molecule has 0 saturated heterocycles. The molecule has 26 heavy (non-hydrogen) atoms. The normalized spacial score (nSPS) is 10.6. The fourth-order valence-corrected chi connectivity index (χ4v) is 2.42. The second-order valence-electron chi connectivity index (χ2n) is 5.34. The Hall–Kier alpha value is -3.46. The van der Waals surface area contributed by atoms with Crippen LogP contribution in [0.5, 0.6) is 11.5 Å². The number of carbonyl (C=O) groups excluding carboxylic acids is 1. The van der Waals surface area contributed by atoms with Crippen LogP contribution < -0.4 is 14.8 Å². The molecular weight excluding hydrogens is 332 g/mol. The number of benzene rings is 2. The smallest absolute Gasteiger partial charge is 0.345 e. The molecule has 0 fully saturated rings. The molecule has 6 nitrogen and oxygen atoms in total. The summed E-state index contributed by atoms with van der Waals surface area (Å²) < 4.78 is 15.4. The molecule has 2 rings (SSSR count). The molecule has 0 spiro atoms. The van der Waals surface area contributed by atoms with Gasteiger partial charge in [-0.3, -0.25) is 0 Å². The van der Waals surface area contributed by atoms with E-state index >= 15 is 0 Å². The lowest BCUT2D eigenvalue weighted by Gasteiger charge is -2.14. The summed E-state index contributed by atoms with van der Waals surface area (Å²) in [6, 6.07) is 15.1. The summed E-state index contributed by atoms with van der Waals surface area (Å²) in [6.07, 6.45) is 2.01. The summed E-state index contributed by atoms with van der Waals surface area (Å²) in [5.41, 5.74) is 2.39. The molecule has 0 amide bonds. The Labute approximate surface area is 152 Å². The van der Waals surface area contributed by atoms with Crippen LogP contribution in [-0.2, 0) is 11.2 Å². The van der Waals surface area contributed by atoms with Crippen molar-refractivity contribution in [2.45, 2.75) is 6.42 Å². The van der Waals surface area contributed by atoms with Crippen LogP contribution in [0.2, 0.25) is 0 Å². The first kappa shape index (κ1) is 18.9. The van der Waals surface area contributed by atoms with Crippen LogP contribution in [0.1, 0.15) is 15.9 Å². The van der Waals surface area contributed by atoms with Crippen molar-refractivity contribution in [1.29, 1.82) is 5.26 Å². The number of ether oxygens (including phenoxy) is 3. The lowest BCUT2D eigenvalue weighted by atomic mass is 10.0. The summed E-state index contributed by atoms with van der Waals surface area (Å²) in [6.45, 7) is 0. The number of hydrogen-bond acceptors (Lipinski definition) is 6. The second kappa shape index (κ2) is 9.14. The molecule has 0 saturated carbocycles. The van der Waals surface area contributed by atoms with Crippen molar-refractivity contribution in [1.82, 2.24) is 0 Å². The van der Waals surface area contributed by atoms with Gasteiger partial charge in [0.05, 0.1) is 27.4 Å². The Bertz CT molecular complexity index is 814. The predicted octanol–water partition coefficient (Wildman–Crippen LogP) is 3.55. The van der Waals surface area contributed by atoms with E-state index in [1.54, 1.807) is 18.3 Å². The van der Waals surface area contributed by atoms with Crippen molar-refractivity contribution in [3.63, 3.8) is 0 Å². The van der Waals surface area contributed by atoms with Crippen molar-refractivity contribution >= 4 is 11.7 Å². The third-order valence-corrected chi connectivity index (χ3v) is 3.68. The summed E-state index contributed by atoms with van der Waals surface area (Å²) in [7, 11) is 4.22. The maximum absolute atomic E-state index is 12.0. The first-order valence-electron chi connectivity index (χ1n) is 7.86. The van der Waals surface area contributed by atoms with Crippen LogP contribution in [0.4, 0.5) is 5.69 Å². The molecule has 0 aliphatic heterocycles. The minimum absolute atomic E-state index is 0.214. The van der Waals surface area contributed by atoms with Crippen LogP contribution in [0.15, 0.2) is 54.2 Å². The SMILES string of the molecule is COC(=O)c1c(OC)cc(CC(C#N)=CNc2ccccc2)cc1OC. The van der Waals surface area contributed by atoms with Gasteiger partial charge in [-0.1, -0.05) is 18.2 Å². The fraction of sp³-hybridized carbons (Fsp3) is 0.200. The first-order chi connectivity index (χ1) is 12.6. The zero-order valence-corrected chi connectivity index (χ0v) is 14.9. The highest BCUT2D eigenvalue weighted by Crippen LogP contribution is 2.32. The Morgan fingerprint density at radius 1 is 1.12 bits per heavy atom. The molecule has 0 unspecified atom stereocenters. The van der Waals surface area contributed by atoms with Crippen molar-refractivity contribution in [2.24, 2.45) is 0 Å². The highest BCUT2D eigenvalue weighted by molar-refractivity contribution is 5.95. The van der Waals surface area contributed by atoms with Gasteiger partial charge in [-0.15, -0.1) is 0 Å². The summed E-state index contributed by atoms with van der Waals surface area (Å²) in [5, 5.41) is 12.5. The molecule has 2 aromatic carbocycles. The molecular formula is C20H20N2O4. The van der Waals surface area contributed by atoms with Crippen LogP contribution in [0.25, 0.3) is 0 Å². The number of hydrogen-bond donors (Lipinski definition) is 1. The molecule has 0 aliphatic carbocycles. The van der Waals surface area contributed by atoms with Crippen molar-refractivity contribution in [3.05, 3.63) is 65.4 Å².